The van der Waals surface area contributed by atoms with E-state index in [1.165, 1.54) is 0 Å². The van der Waals surface area contributed by atoms with Crippen LogP contribution in [0.15, 0.2) is 17.0 Å². The van der Waals surface area contributed by atoms with Gasteiger partial charge in [0.05, 0.1) is 5.56 Å². The average Bonchev–Trinajstić information content (AvgIpc) is 2.12. The minimum atomic E-state index is -5.04. The molecule has 0 bridgehead atoms. The second kappa shape index (κ2) is 4.32. The van der Waals surface area contributed by atoms with Gasteiger partial charge in [-0.3, -0.25) is 0 Å². The number of phenolic OH excluding ortho intramolecular Hbond substituents is 1. The normalized spacial score (nSPS) is 12.9. The SMILES string of the molecule is CSc1c(C(F)(F)F)ccc(O)c1C(F)(F)F. The van der Waals surface area contributed by atoms with Crippen molar-refractivity contribution >= 4 is 11.8 Å². The fourth-order valence-corrected chi connectivity index (χ4v) is 2.11. The molecule has 0 unspecified atom stereocenters. The molecule has 0 spiro atoms. The van der Waals surface area contributed by atoms with Gasteiger partial charge in [-0.15, -0.1) is 11.8 Å². The summed E-state index contributed by atoms with van der Waals surface area (Å²) in [6.07, 6.45) is -8.85. The van der Waals surface area contributed by atoms with Gasteiger partial charge in [-0.2, -0.15) is 26.3 Å². The lowest BCUT2D eigenvalue weighted by atomic mass is 10.1. The van der Waals surface area contributed by atoms with E-state index in [2.05, 4.69) is 0 Å². The Morgan fingerprint density at radius 3 is 1.88 bits per heavy atom. The van der Waals surface area contributed by atoms with Gasteiger partial charge < -0.3 is 5.11 Å². The van der Waals surface area contributed by atoms with Gasteiger partial charge in [-0.05, 0) is 18.4 Å². The van der Waals surface area contributed by atoms with Crippen LogP contribution >= 0.6 is 11.8 Å². The number of halogens is 6. The minimum Gasteiger partial charge on any atom is -0.507 e. The van der Waals surface area contributed by atoms with Crippen LogP contribution in [0.2, 0.25) is 0 Å². The molecule has 8 heteroatoms. The molecule has 0 aliphatic heterocycles. The molecule has 1 rings (SSSR count). The summed E-state index contributed by atoms with van der Waals surface area (Å²) in [4.78, 5) is -1.02. The molecule has 0 saturated carbocycles. The van der Waals surface area contributed by atoms with E-state index in [4.69, 9.17) is 5.11 Å². The third-order valence-corrected chi connectivity index (χ3v) is 2.76. The Morgan fingerprint density at radius 1 is 1.00 bits per heavy atom. The van der Waals surface area contributed by atoms with E-state index >= 15 is 0 Å². The van der Waals surface area contributed by atoms with Crippen molar-refractivity contribution in [3.8, 4) is 5.75 Å². The highest BCUT2D eigenvalue weighted by molar-refractivity contribution is 7.98. The summed E-state index contributed by atoms with van der Waals surface area (Å²) in [5, 5.41) is 9.05. The maximum absolute atomic E-state index is 12.5. The Morgan fingerprint density at radius 2 is 1.53 bits per heavy atom. The lowest BCUT2D eigenvalue weighted by Gasteiger charge is -2.18. The Kier molecular flexibility index (Phi) is 3.56. The predicted octanol–water partition coefficient (Wildman–Crippen LogP) is 4.15. The number of phenols is 1. The maximum Gasteiger partial charge on any atom is 0.421 e. The molecule has 1 N–H and O–H groups in total. The molecular weight excluding hydrogens is 270 g/mol. The molecule has 0 fully saturated rings. The zero-order chi connectivity index (χ0) is 13.4. The quantitative estimate of drug-likeness (QED) is 0.614. The molecule has 0 aromatic heterocycles. The number of alkyl halides is 6. The average molecular weight is 276 g/mol. The Bertz CT molecular complexity index is 423. The maximum atomic E-state index is 12.5. The Labute approximate surface area is 96.4 Å². The standard InChI is InChI=1S/C9H6F6OS/c1-17-7-4(8(10,11)12)2-3-5(16)6(7)9(13,14)15/h2-3,16H,1H3. The van der Waals surface area contributed by atoms with Crippen LogP contribution in [0.25, 0.3) is 0 Å². The summed E-state index contributed by atoms with van der Waals surface area (Å²) in [6, 6.07) is 0.821. The minimum absolute atomic E-state index is 0.290. The van der Waals surface area contributed by atoms with Gasteiger partial charge in [0.1, 0.15) is 11.3 Å². The van der Waals surface area contributed by atoms with Crippen LogP contribution in [0.4, 0.5) is 26.3 Å². The third kappa shape index (κ3) is 2.80. The molecule has 1 nitrogen and oxygen atoms in total. The molecule has 0 aliphatic carbocycles. The van der Waals surface area contributed by atoms with Crippen molar-refractivity contribution in [2.45, 2.75) is 17.2 Å². The number of aromatic hydroxyl groups is 1. The van der Waals surface area contributed by atoms with E-state index < -0.39 is 34.1 Å². The van der Waals surface area contributed by atoms with Crippen LogP contribution in [-0.2, 0) is 12.4 Å². The number of hydrogen-bond acceptors (Lipinski definition) is 2. The van der Waals surface area contributed by atoms with E-state index in [0.29, 0.717) is 12.1 Å². The van der Waals surface area contributed by atoms with E-state index in [1.807, 2.05) is 0 Å². The molecule has 0 saturated heterocycles. The Hall–Kier alpha value is -1.05. The van der Waals surface area contributed by atoms with Gasteiger partial charge in [0.15, 0.2) is 0 Å². The number of hydrogen-bond donors (Lipinski definition) is 1. The van der Waals surface area contributed by atoms with Crippen molar-refractivity contribution < 1.29 is 31.4 Å². The van der Waals surface area contributed by atoms with Gasteiger partial charge in [0, 0.05) is 4.90 Å². The van der Waals surface area contributed by atoms with E-state index in [1.54, 1.807) is 0 Å². The second-order valence-corrected chi connectivity index (χ2v) is 3.85. The summed E-state index contributed by atoms with van der Waals surface area (Å²) in [5.41, 5.74) is -3.06. The highest BCUT2D eigenvalue weighted by atomic mass is 32.2. The van der Waals surface area contributed by atoms with E-state index in [9.17, 15) is 26.3 Å². The summed E-state index contributed by atoms with van der Waals surface area (Å²) in [6.45, 7) is 0. The van der Waals surface area contributed by atoms with Gasteiger partial charge in [-0.1, -0.05) is 0 Å². The van der Waals surface area contributed by atoms with Gasteiger partial charge >= 0.3 is 12.4 Å². The molecule has 96 valence electrons. The first kappa shape index (κ1) is 14.0. The molecule has 0 amide bonds. The smallest absolute Gasteiger partial charge is 0.421 e. The molecule has 17 heavy (non-hydrogen) atoms. The van der Waals surface area contributed by atoms with Crippen LogP contribution in [-0.4, -0.2) is 11.4 Å². The van der Waals surface area contributed by atoms with Crippen LogP contribution in [0.5, 0.6) is 5.75 Å². The van der Waals surface area contributed by atoms with Crippen molar-refractivity contribution in [3.05, 3.63) is 23.3 Å². The molecule has 0 atom stereocenters. The van der Waals surface area contributed by atoms with Crippen molar-refractivity contribution in [3.63, 3.8) is 0 Å². The summed E-state index contributed by atoms with van der Waals surface area (Å²) in [7, 11) is 0. The first-order chi connectivity index (χ1) is 7.59. The van der Waals surface area contributed by atoms with Gasteiger partial charge in [0.2, 0.25) is 0 Å². The second-order valence-electron chi connectivity index (χ2n) is 3.04. The fourth-order valence-electron chi connectivity index (χ4n) is 1.28. The number of benzene rings is 1. The zero-order valence-electron chi connectivity index (χ0n) is 8.28. The molecule has 0 aliphatic rings. The van der Waals surface area contributed by atoms with Crippen LogP contribution in [0, 0.1) is 0 Å². The number of thioether (sulfide) groups is 1. The molecule has 1 aromatic rings. The molecular formula is C9H6F6OS. The first-order valence-electron chi connectivity index (χ1n) is 4.13. The molecule has 1 aromatic carbocycles. The van der Waals surface area contributed by atoms with Crippen molar-refractivity contribution in [1.29, 1.82) is 0 Å². The largest absolute Gasteiger partial charge is 0.507 e. The van der Waals surface area contributed by atoms with Crippen molar-refractivity contribution in [1.82, 2.24) is 0 Å². The van der Waals surface area contributed by atoms with Crippen molar-refractivity contribution in [2.75, 3.05) is 6.26 Å². The fraction of sp³-hybridized carbons (Fsp3) is 0.333. The number of rotatable bonds is 1. The third-order valence-electron chi connectivity index (χ3n) is 1.93. The Balaban J connectivity index is 3.60. The van der Waals surface area contributed by atoms with Crippen LogP contribution < -0.4 is 0 Å². The van der Waals surface area contributed by atoms with Gasteiger partial charge in [0.25, 0.3) is 0 Å². The topological polar surface area (TPSA) is 20.2 Å². The van der Waals surface area contributed by atoms with E-state index in [-0.39, 0.29) is 11.8 Å². The summed E-state index contributed by atoms with van der Waals surface area (Å²) in [5.74, 6) is -1.21. The van der Waals surface area contributed by atoms with Crippen molar-refractivity contribution in [2.24, 2.45) is 0 Å². The van der Waals surface area contributed by atoms with E-state index in [0.717, 1.165) is 6.26 Å². The highest BCUT2D eigenvalue weighted by Crippen LogP contribution is 2.47. The zero-order valence-corrected chi connectivity index (χ0v) is 9.09. The van der Waals surface area contributed by atoms with Gasteiger partial charge in [-0.25, -0.2) is 0 Å². The molecule has 0 radical (unpaired) electrons. The predicted molar refractivity (Wildman–Crippen MR) is 49.9 cm³/mol. The van der Waals surface area contributed by atoms with Crippen LogP contribution in [0.3, 0.4) is 0 Å². The lowest BCUT2D eigenvalue weighted by molar-refractivity contribution is -0.148. The lowest BCUT2D eigenvalue weighted by Crippen LogP contribution is -2.13. The molecule has 0 heterocycles. The first-order valence-corrected chi connectivity index (χ1v) is 5.36. The monoisotopic (exact) mass is 276 g/mol. The summed E-state index contributed by atoms with van der Waals surface area (Å²) >= 11 is 0.290. The highest BCUT2D eigenvalue weighted by Gasteiger charge is 2.42. The van der Waals surface area contributed by atoms with Crippen LogP contribution in [0.1, 0.15) is 11.1 Å². The summed E-state index contributed by atoms with van der Waals surface area (Å²) < 4.78 is 75.0.